The summed E-state index contributed by atoms with van der Waals surface area (Å²) in [5.74, 6) is 0.463. The van der Waals surface area contributed by atoms with Crippen LogP contribution in [-0.2, 0) is 6.54 Å². The molecular formula is C17H20N2. The summed E-state index contributed by atoms with van der Waals surface area (Å²) in [5.41, 5.74) is 9.04. The first-order valence-corrected chi connectivity index (χ1v) is 6.90. The van der Waals surface area contributed by atoms with Crippen molar-refractivity contribution in [3.05, 3.63) is 71.8 Å². The molecule has 0 aliphatic carbocycles. The third-order valence-corrected chi connectivity index (χ3v) is 3.92. The molecule has 1 heterocycles. The predicted molar refractivity (Wildman–Crippen MR) is 78.9 cm³/mol. The fourth-order valence-electron chi connectivity index (χ4n) is 2.94. The second-order valence-corrected chi connectivity index (χ2v) is 5.36. The summed E-state index contributed by atoms with van der Waals surface area (Å²) in [4.78, 5) is 2.46. The van der Waals surface area contributed by atoms with E-state index in [2.05, 4.69) is 65.6 Å². The first kappa shape index (κ1) is 12.4. The van der Waals surface area contributed by atoms with Gasteiger partial charge in [0.25, 0.3) is 0 Å². The highest BCUT2D eigenvalue weighted by atomic mass is 15.2. The van der Waals surface area contributed by atoms with Crippen LogP contribution >= 0.6 is 0 Å². The van der Waals surface area contributed by atoms with Crippen LogP contribution in [0.5, 0.6) is 0 Å². The van der Waals surface area contributed by atoms with Crippen molar-refractivity contribution in [2.75, 3.05) is 13.1 Å². The lowest BCUT2D eigenvalue weighted by Gasteiger charge is -2.16. The molecule has 0 amide bonds. The molecule has 2 heteroatoms. The van der Waals surface area contributed by atoms with E-state index in [4.69, 9.17) is 5.73 Å². The highest BCUT2D eigenvalue weighted by Gasteiger charge is 2.30. The van der Waals surface area contributed by atoms with Crippen LogP contribution in [0.3, 0.4) is 0 Å². The van der Waals surface area contributed by atoms with E-state index in [1.165, 1.54) is 11.1 Å². The molecule has 2 aromatic carbocycles. The van der Waals surface area contributed by atoms with Crippen molar-refractivity contribution in [3.63, 3.8) is 0 Å². The molecule has 1 saturated heterocycles. The third-order valence-electron chi connectivity index (χ3n) is 3.92. The van der Waals surface area contributed by atoms with E-state index in [9.17, 15) is 0 Å². The molecule has 1 unspecified atom stereocenters. The van der Waals surface area contributed by atoms with Gasteiger partial charge in [0.2, 0.25) is 0 Å². The molecule has 2 N–H and O–H groups in total. The summed E-state index contributed by atoms with van der Waals surface area (Å²) in [6.45, 7) is 3.03. The Morgan fingerprint density at radius 1 is 0.895 bits per heavy atom. The Labute approximate surface area is 114 Å². The van der Waals surface area contributed by atoms with Gasteiger partial charge in [0.1, 0.15) is 0 Å². The Kier molecular flexibility index (Phi) is 3.62. The van der Waals surface area contributed by atoms with Crippen molar-refractivity contribution in [1.82, 2.24) is 4.90 Å². The number of likely N-dealkylation sites (tertiary alicyclic amines) is 1. The quantitative estimate of drug-likeness (QED) is 0.910. The number of nitrogens with two attached hydrogens (primary N) is 1. The maximum atomic E-state index is 6.31. The van der Waals surface area contributed by atoms with Crippen molar-refractivity contribution in [3.8, 4) is 0 Å². The zero-order valence-electron chi connectivity index (χ0n) is 11.1. The normalized spacial score (nSPS) is 23.6. The summed E-state index contributed by atoms with van der Waals surface area (Å²) < 4.78 is 0. The Morgan fingerprint density at radius 2 is 1.53 bits per heavy atom. The lowest BCUT2D eigenvalue weighted by atomic mass is 9.95. The Morgan fingerprint density at radius 3 is 2.21 bits per heavy atom. The standard InChI is InChI=1S/C17H20N2/c18-17-13-19(11-14-7-3-1-4-8-14)12-16(17)15-9-5-2-6-10-15/h1-10,16-17H,11-13,18H2/t16?,17-/m1/s1. The van der Waals surface area contributed by atoms with Gasteiger partial charge < -0.3 is 5.73 Å². The number of hydrogen-bond donors (Lipinski definition) is 1. The molecule has 0 saturated carbocycles. The number of benzene rings is 2. The van der Waals surface area contributed by atoms with Crippen molar-refractivity contribution in [1.29, 1.82) is 0 Å². The second kappa shape index (κ2) is 5.55. The van der Waals surface area contributed by atoms with E-state index >= 15 is 0 Å². The molecule has 98 valence electrons. The van der Waals surface area contributed by atoms with Crippen LogP contribution < -0.4 is 5.73 Å². The lowest BCUT2D eigenvalue weighted by molar-refractivity contribution is 0.324. The first-order valence-electron chi connectivity index (χ1n) is 6.90. The van der Waals surface area contributed by atoms with Crippen LogP contribution in [0.2, 0.25) is 0 Å². The Hall–Kier alpha value is -1.64. The summed E-state index contributed by atoms with van der Waals surface area (Å²) in [7, 11) is 0. The number of nitrogens with zero attached hydrogens (tertiary/aromatic N) is 1. The molecule has 3 rings (SSSR count). The van der Waals surface area contributed by atoms with E-state index in [0.717, 1.165) is 19.6 Å². The monoisotopic (exact) mass is 252 g/mol. The molecule has 1 aliphatic rings. The van der Waals surface area contributed by atoms with Crippen LogP contribution in [0, 0.1) is 0 Å². The fraction of sp³-hybridized carbons (Fsp3) is 0.294. The third kappa shape index (κ3) is 2.86. The van der Waals surface area contributed by atoms with Crippen LogP contribution in [0.4, 0.5) is 0 Å². The van der Waals surface area contributed by atoms with Gasteiger partial charge in [-0.05, 0) is 11.1 Å². The summed E-state index contributed by atoms with van der Waals surface area (Å²) >= 11 is 0. The molecule has 2 nitrogen and oxygen atoms in total. The van der Waals surface area contributed by atoms with Crippen molar-refractivity contribution in [2.45, 2.75) is 18.5 Å². The molecular weight excluding hydrogens is 232 g/mol. The maximum absolute atomic E-state index is 6.31. The van der Waals surface area contributed by atoms with Crippen molar-refractivity contribution < 1.29 is 0 Å². The van der Waals surface area contributed by atoms with E-state index in [0.29, 0.717) is 5.92 Å². The van der Waals surface area contributed by atoms with Gasteiger partial charge in [-0.1, -0.05) is 60.7 Å². The van der Waals surface area contributed by atoms with Gasteiger partial charge in [0, 0.05) is 31.6 Å². The summed E-state index contributed by atoms with van der Waals surface area (Å²) in [6.07, 6.45) is 0. The van der Waals surface area contributed by atoms with Gasteiger partial charge in [-0.3, -0.25) is 4.90 Å². The molecule has 1 fully saturated rings. The van der Waals surface area contributed by atoms with E-state index < -0.39 is 0 Å². The van der Waals surface area contributed by atoms with E-state index in [-0.39, 0.29) is 6.04 Å². The molecule has 1 aliphatic heterocycles. The SMILES string of the molecule is N[C@@H]1CN(Cc2ccccc2)CC1c1ccccc1. The molecule has 0 radical (unpaired) electrons. The van der Waals surface area contributed by atoms with Crippen LogP contribution in [0.25, 0.3) is 0 Å². The Balaban J connectivity index is 1.69. The highest BCUT2D eigenvalue weighted by molar-refractivity contribution is 5.24. The van der Waals surface area contributed by atoms with Crippen LogP contribution in [0.15, 0.2) is 60.7 Å². The average Bonchev–Trinajstić information content (AvgIpc) is 2.82. The van der Waals surface area contributed by atoms with Gasteiger partial charge >= 0.3 is 0 Å². The predicted octanol–water partition coefficient (Wildman–Crippen LogP) is 2.61. The van der Waals surface area contributed by atoms with Gasteiger partial charge in [-0.2, -0.15) is 0 Å². The Bertz CT molecular complexity index is 509. The second-order valence-electron chi connectivity index (χ2n) is 5.36. The molecule has 19 heavy (non-hydrogen) atoms. The largest absolute Gasteiger partial charge is 0.326 e. The van der Waals surface area contributed by atoms with Gasteiger partial charge in [-0.15, -0.1) is 0 Å². The maximum Gasteiger partial charge on any atom is 0.0250 e. The minimum absolute atomic E-state index is 0.242. The molecule has 0 aromatic heterocycles. The van der Waals surface area contributed by atoms with Gasteiger partial charge in [0.15, 0.2) is 0 Å². The van der Waals surface area contributed by atoms with Gasteiger partial charge in [0.05, 0.1) is 0 Å². The van der Waals surface area contributed by atoms with Crippen molar-refractivity contribution >= 4 is 0 Å². The zero-order valence-corrected chi connectivity index (χ0v) is 11.1. The van der Waals surface area contributed by atoms with Crippen LogP contribution in [-0.4, -0.2) is 24.0 Å². The van der Waals surface area contributed by atoms with Gasteiger partial charge in [-0.25, -0.2) is 0 Å². The number of rotatable bonds is 3. The van der Waals surface area contributed by atoms with E-state index in [1.807, 2.05) is 0 Å². The minimum Gasteiger partial charge on any atom is -0.326 e. The molecule has 0 bridgehead atoms. The zero-order chi connectivity index (χ0) is 13.1. The summed E-state index contributed by atoms with van der Waals surface area (Å²) in [6, 6.07) is 21.5. The summed E-state index contributed by atoms with van der Waals surface area (Å²) in [5, 5.41) is 0. The first-order chi connectivity index (χ1) is 9.33. The average molecular weight is 252 g/mol. The molecule has 2 atom stereocenters. The molecule has 0 spiro atoms. The van der Waals surface area contributed by atoms with Crippen LogP contribution in [0.1, 0.15) is 17.0 Å². The smallest absolute Gasteiger partial charge is 0.0250 e. The van der Waals surface area contributed by atoms with E-state index in [1.54, 1.807) is 0 Å². The minimum atomic E-state index is 0.242. The topological polar surface area (TPSA) is 29.3 Å². The lowest BCUT2D eigenvalue weighted by Crippen LogP contribution is -2.28. The van der Waals surface area contributed by atoms with Crippen molar-refractivity contribution in [2.24, 2.45) is 5.73 Å². The fourth-order valence-corrected chi connectivity index (χ4v) is 2.94. The number of hydrogen-bond acceptors (Lipinski definition) is 2. The highest BCUT2D eigenvalue weighted by Crippen LogP contribution is 2.27. The molecule has 2 aromatic rings.